The van der Waals surface area contributed by atoms with Gasteiger partial charge in [0.2, 0.25) is 11.8 Å². The number of nitrogens with one attached hydrogen (secondary N) is 1. The Morgan fingerprint density at radius 2 is 1.71 bits per heavy atom. The average molecular weight is 500 g/mol. The summed E-state index contributed by atoms with van der Waals surface area (Å²) >= 11 is 3.18. The molecule has 1 fully saturated rings. The van der Waals surface area contributed by atoms with Crippen molar-refractivity contribution in [1.82, 2.24) is 0 Å². The molecule has 0 spiro atoms. The molecular formula is C20H13IN4O2S. The Balaban J connectivity index is 1.85. The van der Waals surface area contributed by atoms with Gasteiger partial charge in [-0.2, -0.15) is 10.5 Å². The molecule has 1 heterocycles. The van der Waals surface area contributed by atoms with Crippen LogP contribution in [0, 0.1) is 26.2 Å². The first-order valence-corrected chi connectivity index (χ1v) is 10.1. The van der Waals surface area contributed by atoms with Gasteiger partial charge in [-0.05, 0) is 59.0 Å². The van der Waals surface area contributed by atoms with E-state index < -0.39 is 5.25 Å². The van der Waals surface area contributed by atoms with E-state index in [0.717, 1.165) is 20.2 Å². The second kappa shape index (κ2) is 8.91. The zero-order valence-electron chi connectivity index (χ0n) is 14.4. The Morgan fingerprint density at radius 3 is 2.32 bits per heavy atom. The first kappa shape index (κ1) is 19.9. The van der Waals surface area contributed by atoms with Crippen molar-refractivity contribution in [2.45, 2.75) is 11.7 Å². The lowest BCUT2D eigenvalue weighted by Gasteiger charge is -2.16. The Hall–Kier alpha value is -2.82. The van der Waals surface area contributed by atoms with Crippen LogP contribution in [0.25, 0.3) is 0 Å². The number of benzene rings is 2. The highest BCUT2D eigenvalue weighted by Gasteiger charge is 2.40. The number of nitriles is 2. The molecule has 1 aliphatic rings. The lowest BCUT2D eigenvalue weighted by atomic mass is 10.3. The fraction of sp³-hybridized carbons (Fsp3) is 0.100. The number of carbonyl (C=O) groups is 2. The summed E-state index contributed by atoms with van der Waals surface area (Å²) in [7, 11) is 0. The number of allylic oxidation sites excluding steroid dienone is 1. The van der Waals surface area contributed by atoms with E-state index >= 15 is 0 Å². The molecule has 2 amide bonds. The predicted molar refractivity (Wildman–Crippen MR) is 116 cm³/mol. The Labute approximate surface area is 180 Å². The number of imide groups is 1. The summed E-state index contributed by atoms with van der Waals surface area (Å²) < 4.78 is 0.997. The third-order valence-electron chi connectivity index (χ3n) is 3.93. The summed E-state index contributed by atoms with van der Waals surface area (Å²) in [6.45, 7) is 0. The Morgan fingerprint density at radius 1 is 1.07 bits per heavy atom. The smallest absolute Gasteiger partial charge is 0.247 e. The van der Waals surface area contributed by atoms with E-state index in [4.69, 9.17) is 0 Å². The standard InChI is InChI=1S/C20H13IN4O2S/c21-14-6-8-16(9-7-14)25-18(26)10-17(20(25)27)28-19(13(11-22)12-23)24-15-4-2-1-3-5-15/h1-9,17,24H,10H2/t17-/m1/s1. The number of rotatable bonds is 5. The normalized spacial score (nSPS) is 15.7. The maximum Gasteiger partial charge on any atom is 0.247 e. The molecule has 1 N–H and O–H groups in total. The molecule has 28 heavy (non-hydrogen) atoms. The van der Waals surface area contributed by atoms with Crippen molar-refractivity contribution in [2.24, 2.45) is 0 Å². The van der Waals surface area contributed by atoms with Gasteiger partial charge in [-0.1, -0.05) is 30.0 Å². The van der Waals surface area contributed by atoms with Gasteiger partial charge in [0.1, 0.15) is 17.2 Å². The number of hydrogen-bond acceptors (Lipinski definition) is 6. The van der Waals surface area contributed by atoms with E-state index in [9.17, 15) is 20.1 Å². The highest BCUT2D eigenvalue weighted by Crippen LogP contribution is 2.35. The van der Waals surface area contributed by atoms with E-state index in [1.54, 1.807) is 24.3 Å². The van der Waals surface area contributed by atoms with Crippen molar-refractivity contribution in [3.05, 3.63) is 68.8 Å². The zero-order chi connectivity index (χ0) is 20.1. The van der Waals surface area contributed by atoms with Gasteiger partial charge >= 0.3 is 0 Å². The van der Waals surface area contributed by atoms with Gasteiger partial charge in [-0.3, -0.25) is 9.59 Å². The zero-order valence-corrected chi connectivity index (χ0v) is 17.4. The molecule has 3 rings (SSSR count). The quantitative estimate of drug-likeness (QED) is 0.379. The van der Waals surface area contributed by atoms with Crippen LogP contribution < -0.4 is 10.2 Å². The molecule has 0 unspecified atom stereocenters. The highest BCUT2D eigenvalue weighted by molar-refractivity contribution is 14.1. The topological polar surface area (TPSA) is 97.0 Å². The minimum atomic E-state index is -0.713. The summed E-state index contributed by atoms with van der Waals surface area (Å²) in [5.41, 5.74) is 1.06. The van der Waals surface area contributed by atoms with E-state index in [1.165, 1.54) is 0 Å². The Kier molecular flexibility index (Phi) is 6.34. The number of para-hydroxylation sites is 1. The molecular weight excluding hydrogens is 487 g/mol. The number of hydrogen-bond donors (Lipinski definition) is 1. The van der Waals surface area contributed by atoms with Crippen molar-refractivity contribution < 1.29 is 9.59 Å². The van der Waals surface area contributed by atoms with Crippen molar-refractivity contribution >= 4 is 57.5 Å². The third-order valence-corrected chi connectivity index (χ3v) is 5.85. The third kappa shape index (κ3) is 4.35. The van der Waals surface area contributed by atoms with Crippen molar-refractivity contribution in [3.8, 4) is 12.1 Å². The second-order valence-corrected chi connectivity index (χ2v) is 8.23. The first-order valence-electron chi connectivity index (χ1n) is 8.19. The molecule has 0 saturated carbocycles. The molecule has 6 nitrogen and oxygen atoms in total. The molecule has 2 aromatic rings. The van der Waals surface area contributed by atoms with Crippen LogP contribution in [-0.2, 0) is 9.59 Å². The second-order valence-electron chi connectivity index (χ2n) is 5.77. The summed E-state index contributed by atoms with van der Waals surface area (Å²) in [6, 6.07) is 19.8. The molecule has 0 aromatic heterocycles. The SMILES string of the molecule is N#CC(C#N)=C(Nc1ccccc1)S[C@@H]1CC(=O)N(c2ccc(I)cc2)C1=O. The molecule has 138 valence electrons. The lowest BCUT2D eigenvalue weighted by molar-refractivity contribution is -0.121. The van der Waals surface area contributed by atoms with Crippen LogP contribution in [0.3, 0.4) is 0 Å². The van der Waals surface area contributed by atoms with E-state index in [0.29, 0.717) is 11.4 Å². The fourth-order valence-corrected chi connectivity index (χ4v) is 4.09. The minimum Gasteiger partial charge on any atom is -0.349 e. The van der Waals surface area contributed by atoms with E-state index in [2.05, 4.69) is 27.9 Å². The summed E-state index contributed by atoms with van der Waals surface area (Å²) in [5.74, 6) is -0.669. The predicted octanol–water partition coefficient (Wildman–Crippen LogP) is 4.03. The van der Waals surface area contributed by atoms with E-state index in [1.807, 2.05) is 42.5 Å². The largest absolute Gasteiger partial charge is 0.349 e. The number of nitrogens with zero attached hydrogens (tertiary/aromatic N) is 3. The van der Waals surface area contributed by atoms with Crippen LogP contribution in [0.4, 0.5) is 11.4 Å². The van der Waals surface area contributed by atoms with Gasteiger partial charge in [-0.25, -0.2) is 4.90 Å². The van der Waals surface area contributed by atoms with Gasteiger partial charge in [0.15, 0.2) is 5.57 Å². The number of halogens is 1. The molecule has 2 aromatic carbocycles. The van der Waals surface area contributed by atoms with Crippen LogP contribution >= 0.6 is 34.4 Å². The maximum atomic E-state index is 12.9. The van der Waals surface area contributed by atoms with Gasteiger partial charge in [0.25, 0.3) is 0 Å². The molecule has 0 radical (unpaired) electrons. The highest BCUT2D eigenvalue weighted by atomic mass is 127. The van der Waals surface area contributed by atoms with Crippen LogP contribution in [0.2, 0.25) is 0 Å². The van der Waals surface area contributed by atoms with Gasteiger partial charge in [-0.15, -0.1) is 0 Å². The molecule has 0 aliphatic carbocycles. The molecule has 8 heteroatoms. The number of amides is 2. The molecule has 0 bridgehead atoms. The Bertz CT molecular complexity index is 1010. The van der Waals surface area contributed by atoms with Crippen LogP contribution in [0.5, 0.6) is 0 Å². The van der Waals surface area contributed by atoms with Crippen molar-refractivity contribution in [1.29, 1.82) is 10.5 Å². The molecule has 1 aliphatic heterocycles. The summed E-state index contributed by atoms with van der Waals surface area (Å²) in [5, 5.41) is 21.1. The van der Waals surface area contributed by atoms with E-state index in [-0.39, 0.29) is 28.8 Å². The minimum absolute atomic E-state index is 0.000404. The van der Waals surface area contributed by atoms with Crippen molar-refractivity contribution in [3.63, 3.8) is 0 Å². The van der Waals surface area contributed by atoms with Gasteiger partial charge in [0.05, 0.1) is 10.9 Å². The number of anilines is 2. The van der Waals surface area contributed by atoms with Crippen LogP contribution in [-0.4, -0.2) is 17.1 Å². The average Bonchev–Trinajstić information content (AvgIpc) is 2.97. The monoisotopic (exact) mass is 500 g/mol. The maximum absolute atomic E-state index is 12.9. The summed E-state index contributed by atoms with van der Waals surface area (Å²) in [4.78, 5) is 26.5. The number of thioether (sulfide) groups is 1. The molecule has 1 atom stereocenters. The molecule has 1 saturated heterocycles. The van der Waals surface area contributed by atoms with Crippen LogP contribution in [0.15, 0.2) is 65.2 Å². The number of carbonyl (C=O) groups excluding carboxylic acids is 2. The fourth-order valence-electron chi connectivity index (χ4n) is 2.63. The van der Waals surface area contributed by atoms with Gasteiger partial charge < -0.3 is 5.32 Å². The van der Waals surface area contributed by atoms with Crippen LogP contribution in [0.1, 0.15) is 6.42 Å². The lowest BCUT2D eigenvalue weighted by Crippen LogP contribution is -2.31. The van der Waals surface area contributed by atoms with Crippen molar-refractivity contribution in [2.75, 3.05) is 10.2 Å². The first-order chi connectivity index (χ1) is 13.5. The summed E-state index contributed by atoms with van der Waals surface area (Å²) in [6.07, 6.45) is -0.000404. The van der Waals surface area contributed by atoms with Gasteiger partial charge in [0, 0.05) is 15.7 Å².